The Morgan fingerprint density at radius 1 is 1.40 bits per heavy atom. The summed E-state index contributed by atoms with van der Waals surface area (Å²) in [5.41, 5.74) is 1.04. The van der Waals surface area contributed by atoms with Gasteiger partial charge < -0.3 is 15.3 Å². The number of benzene rings is 1. The first-order valence-electron chi connectivity index (χ1n) is 6.81. The average Bonchev–Trinajstić information content (AvgIpc) is 2.48. The molecule has 2 aromatic rings. The van der Waals surface area contributed by atoms with Gasteiger partial charge in [0, 0.05) is 48.0 Å². The quantitative estimate of drug-likeness (QED) is 0.881. The molecule has 1 aliphatic heterocycles. The Labute approximate surface area is 117 Å². The van der Waals surface area contributed by atoms with E-state index >= 15 is 0 Å². The topological polar surface area (TPSA) is 65.5 Å². The van der Waals surface area contributed by atoms with Crippen LogP contribution in [0.4, 0.5) is 10.5 Å². The van der Waals surface area contributed by atoms with Crippen molar-refractivity contribution in [2.24, 2.45) is 0 Å². The number of pyridine rings is 1. The second kappa shape index (κ2) is 5.36. The van der Waals surface area contributed by atoms with E-state index in [1.165, 1.54) is 4.90 Å². The SMILES string of the molecule is O=C(O)N1CCCC(Nc2cccc3cnccc23)C1. The van der Waals surface area contributed by atoms with Crippen LogP contribution in [0.2, 0.25) is 0 Å². The lowest BCUT2D eigenvalue weighted by molar-refractivity contribution is 0.133. The zero-order chi connectivity index (χ0) is 13.9. The van der Waals surface area contributed by atoms with Crippen LogP contribution in [0.1, 0.15) is 12.8 Å². The van der Waals surface area contributed by atoms with Gasteiger partial charge in [0.15, 0.2) is 0 Å². The number of likely N-dealkylation sites (tertiary alicyclic amines) is 1. The molecule has 1 amide bonds. The van der Waals surface area contributed by atoms with Crippen molar-refractivity contribution >= 4 is 22.6 Å². The summed E-state index contributed by atoms with van der Waals surface area (Å²) in [4.78, 5) is 16.7. The van der Waals surface area contributed by atoms with Crippen molar-refractivity contribution in [2.75, 3.05) is 18.4 Å². The van der Waals surface area contributed by atoms with Crippen molar-refractivity contribution in [1.29, 1.82) is 0 Å². The Hall–Kier alpha value is -2.30. The standard InChI is InChI=1S/C15H17N3O2/c19-15(20)18-8-2-4-12(10-18)17-14-5-1-3-11-9-16-7-6-13(11)14/h1,3,5-7,9,12,17H,2,4,8,10H2,(H,19,20). The predicted octanol–water partition coefficient (Wildman–Crippen LogP) is 2.79. The summed E-state index contributed by atoms with van der Waals surface area (Å²) < 4.78 is 0. The zero-order valence-electron chi connectivity index (χ0n) is 11.1. The van der Waals surface area contributed by atoms with Crippen LogP contribution in [0, 0.1) is 0 Å². The highest BCUT2D eigenvalue weighted by Gasteiger charge is 2.23. The lowest BCUT2D eigenvalue weighted by atomic mass is 10.0. The number of nitrogens with one attached hydrogen (secondary N) is 1. The molecule has 3 rings (SSSR count). The number of fused-ring (bicyclic) bond motifs is 1. The zero-order valence-corrected chi connectivity index (χ0v) is 11.1. The van der Waals surface area contributed by atoms with Crippen molar-refractivity contribution in [3.63, 3.8) is 0 Å². The number of nitrogens with zero attached hydrogens (tertiary/aromatic N) is 2. The molecule has 1 fully saturated rings. The third kappa shape index (κ3) is 2.52. The Bertz CT molecular complexity index is 624. The van der Waals surface area contributed by atoms with E-state index in [0.29, 0.717) is 13.1 Å². The fourth-order valence-corrected chi connectivity index (χ4v) is 2.74. The molecule has 0 radical (unpaired) electrons. The van der Waals surface area contributed by atoms with Gasteiger partial charge in [0.2, 0.25) is 0 Å². The lowest BCUT2D eigenvalue weighted by Crippen LogP contribution is -2.44. The fourth-order valence-electron chi connectivity index (χ4n) is 2.74. The van der Waals surface area contributed by atoms with Gasteiger partial charge in [0.1, 0.15) is 0 Å². The van der Waals surface area contributed by atoms with E-state index < -0.39 is 6.09 Å². The van der Waals surface area contributed by atoms with Gasteiger partial charge in [0.05, 0.1) is 0 Å². The van der Waals surface area contributed by atoms with Crippen LogP contribution >= 0.6 is 0 Å². The second-order valence-electron chi connectivity index (χ2n) is 5.11. The Kier molecular flexibility index (Phi) is 3.41. The maximum absolute atomic E-state index is 11.1. The highest BCUT2D eigenvalue weighted by Crippen LogP contribution is 2.24. The summed E-state index contributed by atoms with van der Waals surface area (Å²) in [5, 5.41) is 14.8. The number of hydrogen-bond donors (Lipinski definition) is 2. The molecule has 104 valence electrons. The molecule has 2 heterocycles. The van der Waals surface area contributed by atoms with Crippen LogP contribution in [-0.2, 0) is 0 Å². The molecule has 1 aromatic heterocycles. The van der Waals surface area contributed by atoms with Crippen LogP contribution in [0.15, 0.2) is 36.7 Å². The third-order valence-electron chi connectivity index (χ3n) is 3.73. The van der Waals surface area contributed by atoms with Crippen LogP contribution in [-0.4, -0.2) is 40.2 Å². The first-order valence-corrected chi connectivity index (χ1v) is 6.81. The summed E-state index contributed by atoms with van der Waals surface area (Å²) >= 11 is 0. The molecular weight excluding hydrogens is 254 g/mol. The van der Waals surface area contributed by atoms with E-state index in [1.807, 2.05) is 30.5 Å². The van der Waals surface area contributed by atoms with Gasteiger partial charge in [-0.2, -0.15) is 0 Å². The van der Waals surface area contributed by atoms with E-state index in [1.54, 1.807) is 6.20 Å². The first kappa shape index (κ1) is 12.7. The number of aromatic nitrogens is 1. The van der Waals surface area contributed by atoms with Crippen molar-refractivity contribution in [2.45, 2.75) is 18.9 Å². The van der Waals surface area contributed by atoms with Crippen molar-refractivity contribution < 1.29 is 9.90 Å². The summed E-state index contributed by atoms with van der Waals surface area (Å²) in [6.45, 7) is 1.17. The monoisotopic (exact) mass is 271 g/mol. The summed E-state index contributed by atoms with van der Waals surface area (Å²) in [6, 6.07) is 8.19. The van der Waals surface area contributed by atoms with Gasteiger partial charge in [-0.3, -0.25) is 4.98 Å². The minimum absolute atomic E-state index is 0.165. The molecule has 20 heavy (non-hydrogen) atoms. The molecule has 1 saturated heterocycles. The molecule has 1 aromatic carbocycles. The van der Waals surface area contributed by atoms with Crippen molar-refractivity contribution in [3.05, 3.63) is 36.7 Å². The molecule has 1 unspecified atom stereocenters. The first-order chi connectivity index (χ1) is 9.74. The number of rotatable bonds is 2. The number of carboxylic acid groups (broad SMARTS) is 1. The minimum atomic E-state index is -0.835. The highest BCUT2D eigenvalue weighted by atomic mass is 16.4. The number of carbonyl (C=O) groups is 1. The maximum atomic E-state index is 11.1. The Morgan fingerprint density at radius 3 is 3.15 bits per heavy atom. The minimum Gasteiger partial charge on any atom is -0.465 e. The van der Waals surface area contributed by atoms with Gasteiger partial charge >= 0.3 is 6.09 Å². The van der Waals surface area contributed by atoms with Crippen LogP contribution in [0.3, 0.4) is 0 Å². The molecule has 1 atom stereocenters. The maximum Gasteiger partial charge on any atom is 0.407 e. The molecule has 2 N–H and O–H groups in total. The van der Waals surface area contributed by atoms with Crippen molar-refractivity contribution in [1.82, 2.24) is 9.88 Å². The molecule has 5 heteroatoms. The average molecular weight is 271 g/mol. The Morgan fingerprint density at radius 2 is 2.30 bits per heavy atom. The lowest BCUT2D eigenvalue weighted by Gasteiger charge is -2.32. The summed E-state index contributed by atoms with van der Waals surface area (Å²) in [6.07, 6.45) is 4.67. The van der Waals surface area contributed by atoms with Gasteiger partial charge in [0.25, 0.3) is 0 Å². The predicted molar refractivity (Wildman–Crippen MR) is 78.0 cm³/mol. The Balaban J connectivity index is 1.81. The molecule has 0 saturated carbocycles. The smallest absolute Gasteiger partial charge is 0.407 e. The van der Waals surface area contributed by atoms with Crippen LogP contribution in [0.25, 0.3) is 10.8 Å². The number of piperidine rings is 1. The van der Waals surface area contributed by atoms with Gasteiger partial charge in [-0.05, 0) is 25.0 Å². The van der Waals surface area contributed by atoms with Crippen LogP contribution in [0.5, 0.6) is 0 Å². The molecule has 0 spiro atoms. The van der Waals surface area contributed by atoms with E-state index in [2.05, 4.69) is 10.3 Å². The molecular formula is C15H17N3O2. The van der Waals surface area contributed by atoms with E-state index in [9.17, 15) is 4.79 Å². The summed E-state index contributed by atoms with van der Waals surface area (Å²) in [5.74, 6) is 0. The number of amides is 1. The molecule has 0 aliphatic carbocycles. The number of hydrogen-bond acceptors (Lipinski definition) is 3. The fraction of sp³-hybridized carbons (Fsp3) is 0.333. The van der Waals surface area contributed by atoms with Gasteiger partial charge in [-0.15, -0.1) is 0 Å². The van der Waals surface area contributed by atoms with Gasteiger partial charge in [-0.25, -0.2) is 4.79 Å². The van der Waals surface area contributed by atoms with E-state index in [-0.39, 0.29) is 6.04 Å². The van der Waals surface area contributed by atoms with Gasteiger partial charge in [-0.1, -0.05) is 12.1 Å². The molecule has 0 bridgehead atoms. The van der Waals surface area contributed by atoms with Crippen LogP contribution < -0.4 is 5.32 Å². The summed E-state index contributed by atoms with van der Waals surface area (Å²) in [7, 11) is 0. The largest absolute Gasteiger partial charge is 0.465 e. The van der Waals surface area contributed by atoms with E-state index in [4.69, 9.17) is 5.11 Å². The van der Waals surface area contributed by atoms with Crippen molar-refractivity contribution in [3.8, 4) is 0 Å². The van der Waals surface area contributed by atoms with E-state index in [0.717, 1.165) is 29.3 Å². The normalized spacial score (nSPS) is 19.0. The highest BCUT2D eigenvalue weighted by molar-refractivity contribution is 5.93. The number of anilines is 1. The third-order valence-corrected chi connectivity index (χ3v) is 3.73. The molecule has 1 aliphatic rings. The second-order valence-corrected chi connectivity index (χ2v) is 5.11. The molecule has 5 nitrogen and oxygen atoms in total.